The number of anilines is 1. The molecule has 0 fully saturated rings. The van der Waals surface area contributed by atoms with Gasteiger partial charge in [-0.05, 0) is 57.2 Å². The van der Waals surface area contributed by atoms with Crippen LogP contribution in [0.3, 0.4) is 0 Å². The highest BCUT2D eigenvalue weighted by Crippen LogP contribution is 2.27. The Balaban J connectivity index is 2.41. The lowest BCUT2D eigenvalue weighted by Gasteiger charge is -2.26. The van der Waals surface area contributed by atoms with E-state index in [1.165, 1.54) is 48.5 Å². The fourth-order valence-corrected chi connectivity index (χ4v) is 3.39. The average molecular weight is 434 g/mol. The Morgan fingerprint density at radius 2 is 1.57 bits per heavy atom. The van der Waals surface area contributed by atoms with Crippen molar-refractivity contribution in [2.75, 3.05) is 11.0 Å². The van der Waals surface area contributed by atoms with Gasteiger partial charge < -0.3 is 15.3 Å². The lowest BCUT2D eigenvalue weighted by molar-refractivity contribution is -0.152. The molecule has 2 aromatic rings. The molecule has 0 unspecified atom stereocenters. The summed E-state index contributed by atoms with van der Waals surface area (Å²) in [5.41, 5.74) is -0.869. The van der Waals surface area contributed by atoms with E-state index in [9.17, 15) is 22.8 Å². The average Bonchev–Trinajstić information content (AvgIpc) is 2.70. The lowest BCUT2D eigenvalue weighted by atomic mass is 9.98. The Morgan fingerprint density at radius 3 is 2.07 bits per heavy atom. The van der Waals surface area contributed by atoms with Gasteiger partial charge in [0.1, 0.15) is 6.54 Å². The van der Waals surface area contributed by atoms with Crippen molar-refractivity contribution < 1.29 is 32.7 Å². The number of carbonyl (C=O) groups is 3. The number of sulfonamides is 1. The largest absolute Gasteiger partial charge is 0.480 e. The molecule has 0 atom stereocenters. The van der Waals surface area contributed by atoms with Crippen LogP contribution in [-0.2, 0) is 24.4 Å². The van der Waals surface area contributed by atoms with Gasteiger partial charge in [0.15, 0.2) is 0 Å². The molecule has 0 saturated heterocycles. The second-order valence-corrected chi connectivity index (χ2v) is 9.05. The zero-order chi connectivity index (χ0) is 22.5. The first-order chi connectivity index (χ1) is 13.9. The van der Waals surface area contributed by atoms with Gasteiger partial charge in [0.05, 0.1) is 16.0 Å². The van der Waals surface area contributed by atoms with Crippen molar-refractivity contribution in [1.82, 2.24) is 5.32 Å². The molecule has 0 heterocycles. The minimum atomic E-state index is -4.25. The molecule has 0 radical (unpaired) electrons. The summed E-state index contributed by atoms with van der Waals surface area (Å²) in [6, 6.07) is 12.6. The van der Waals surface area contributed by atoms with Crippen LogP contribution in [0.1, 0.15) is 31.1 Å². The number of aliphatic carboxylic acids is 1. The van der Waals surface area contributed by atoms with Gasteiger partial charge in [-0.1, -0.05) is 22.7 Å². The summed E-state index contributed by atoms with van der Waals surface area (Å²) in [6.45, 7) is 4.19. The Labute approximate surface area is 174 Å². The summed E-state index contributed by atoms with van der Waals surface area (Å²) < 4.78 is 26.7. The third-order valence-corrected chi connectivity index (χ3v) is 5.37. The highest BCUT2D eigenvalue weighted by atomic mass is 32.2. The Kier molecular flexibility index (Phi) is 6.83. The first-order valence-electron chi connectivity index (χ1n) is 8.86. The number of hydrogen-bond acceptors (Lipinski definition) is 6. The molecule has 160 valence electrons. The Morgan fingerprint density at radius 1 is 1.00 bits per heavy atom. The number of carbonyl (C=O) groups excluding carboxylic acids is 2. The van der Waals surface area contributed by atoms with Gasteiger partial charge in [0, 0.05) is 5.56 Å². The molecule has 0 aliphatic carbocycles. The molecular formula is C20H22N2O7S. The topological polar surface area (TPSA) is 130 Å². The van der Waals surface area contributed by atoms with E-state index >= 15 is 0 Å². The lowest BCUT2D eigenvalue weighted by Crippen LogP contribution is -2.37. The molecule has 30 heavy (non-hydrogen) atoms. The van der Waals surface area contributed by atoms with Crippen LogP contribution in [0.4, 0.5) is 5.69 Å². The van der Waals surface area contributed by atoms with E-state index in [-0.39, 0.29) is 16.1 Å². The maximum Gasteiger partial charge on any atom is 0.339 e. The van der Waals surface area contributed by atoms with Crippen molar-refractivity contribution in [2.24, 2.45) is 5.41 Å². The number of nitrogens with one attached hydrogen (secondary N) is 1. The number of carboxylic acids is 1. The molecule has 2 N–H and O–H groups in total. The molecule has 0 aromatic heterocycles. The van der Waals surface area contributed by atoms with Gasteiger partial charge in [-0.15, -0.1) is 0 Å². The zero-order valence-electron chi connectivity index (χ0n) is 16.7. The maximum atomic E-state index is 13.1. The van der Waals surface area contributed by atoms with Gasteiger partial charge >= 0.3 is 11.9 Å². The van der Waals surface area contributed by atoms with Crippen LogP contribution in [0.25, 0.3) is 0 Å². The predicted molar refractivity (Wildman–Crippen MR) is 108 cm³/mol. The maximum absolute atomic E-state index is 13.1. The molecule has 10 heteroatoms. The summed E-state index contributed by atoms with van der Waals surface area (Å²) >= 11 is 0. The minimum absolute atomic E-state index is 0.00811. The van der Waals surface area contributed by atoms with Gasteiger partial charge in [0.2, 0.25) is 0 Å². The van der Waals surface area contributed by atoms with Crippen LogP contribution in [0.5, 0.6) is 0 Å². The molecule has 9 nitrogen and oxygen atoms in total. The summed E-state index contributed by atoms with van der Waals surface area (Å²) in [5, 5.41) is 10.8. The number of carboxylic acid groups (broad SMARTS) is 1. The van der Waals surface area contributed by atoms with Crippen molar-refractivity contribution >= 4 is 33.6 Å². The number of rotatable bonds is 7. The second-order valence-electron chi connectivity index (χ2n) is 7.30. The van der Waals surface area contributed by atoms with Crippen LogP contribution >= 0.6 is 0 Å². The van der Waals surface area contributed by atoms with E-state index in [1.54, 1.807) is 26.8 Å². The van der Waals surface area contributed by atoms with E-state index in [1.807, 2.05) is 0 Å². The van der Waals surface area contributed by atoms with Gasteiger partial charge in [-0.2, -0.15) is 8.42 Å². The second kappa shape index (κ2) is 8.95. The van der Waals surface area contributed by atoms with E-state index in [0.29, 0.717) is 4.47 Å². The van der Waals surface area contributed by atoms with Crippen molar-refractivity contribution in [2.45, 2.75) is 25.7 Å². The highest BCUT2D eigenvalue weighted by molar-refractivity contribution is 7.92. The molecule has 0 aliphatic heterocycles. The molecule has 1 amide bonds. The molecule has 0 bridgehead atoms. The molecule has 2 rings (SSSR count). The summed E-state index contributed by atoms with van der Waals surface area (Å²) in [6.07, 6.45) is 0. The fraction of sp³-hybridized carbons (Fsp3) is 0.250. The van der Waals surface area contributed by atoms with Crippen LogP contribution in [0.2, 0.25) is 0 Å². The summed E-state index contributed by atoms with van der Waals surface area (Å²) in [4.78, 5) is 40.1. The zero-order valence-corrected chi connectivity index (χ0v) is 17.5. The van der Waals surface area contributed by atoms with E-state index < -0.39 is 39.8 Å². The van der Waals surface area contributed by atoms with Crippen LogP contribution < -0.4 is 9.79 Å². The molecule has 2 aromatic carbocycles. The van der Waals surface area contributed by atoms with Crippen LogP contribution in [-0.4, -0.2) is 37.9 Å². The minimum Gasteiger partial charge on any atom is -0.480 e. The van der Waals surface area contributed by atoms with Gasteiger partial charge in [-0.3, -0.25) is 9.59 Å². The van der Waals surface area contributed by atoms with Crippen molar-refractivity contribution in [3.63, 3.8) is 0 Å². The fourth-order valence-electron chi connectivity index (χ4n) is 2.13. The monoisotopic (exact) mass is 434 g/mol. The third kappa shape index (κ3) is 5.57. The van der Waals surface area contributed by atoms with E-state index in [0.717, 1.165) is 0 Å². The van der Waals surface area contributed by atoms with Gasteiger partial charge in [-0.25, -0.2) is 4.79 Å². The quantitative estimate of drug-likeness (QED) is 0.639. The van der Waals surface area contributed by atoms with Crippen molar-refractivity contribution in [3.8, 4) is 0 Å². The number of nitrogens with zero attached hydrogens (tertiary/aromatic N) is 1. The Hall–Kier alpha value is -3.40. The normalized spacial score (nSPS) is 11.4. The highest BCUT2D eigenvalue weighted by Gasteiger charge is 2.33. The molecule has 0 spiro atoms. The predicted octanol–water partition coefficient (Wildman–Crippen LogP) is 2.20. The third-order valence-electron chi connectivity index (χ3n) is 3.78. The van der Waals surface area contributed by atoms with E-state index in [4.69, 9.17) is 9.94 Å². The molecule has 0 saturated carbocycles. The van der Waals surface area contributed by atoms with Crippen LogP contribution in [0.15, 0.2) is 59.5 Å². The molecule has 0 aliphatic rings. The first kappa shape index (κ1) is 22.9. The molecular weight excluding hydrogens is 412 g/mol. The standard InChI is InChI=1S/C20H22N2O7S/c1-20(2,3)19(26)29-22(30(27,28)16-7-5-4-6-8-16)15-11-9-14(10-12-15)18(25)21-13-17(23)24/h4-12H,13H2,1-3H3,(H,21,25)(H,23,24). The smallest absolute Gasteiger partial charge is 0.339 e. The first-order valence-corrected chi connectivity index (χ1v) is 10.3. The number of benzene rings is 2. The van der Waals surface area contributed by atoms with Crippen LogP contribution in [0, 0.1) is 5.41 Å². The van der Waals surface area contributed by atoms with Crippen molar-refractivity contribution in [3.05, 3.63) is 60.2 Å². The van der Waals surface area contributed by atoms with Crippen molar-refractivity contribution in [1.29, 1.82) is 0 Å². The van der Waals surface area contributed by atoms with E-state index in [2.05, 4.69) is 5.32 Å². The number of hydrogen-bond donors (Lipinski definition) is 2. The van der Waals surface area contributed by atoms with Gasteiger partial charge in [0.25, 0.3) is 15.9 Å². The summed E-state index contributed by atoms with van der Waals surface area (Å²) in [7, 11) is -4.25. The number of amides is 1. The Bertz CT molecular complexity index is 1030. The SMILES string of the molecule is CC(C)(C)C(=O)ON(c1ccc(C(=O)NCC(=O)O)cc1)S(=O)(=O)c1ccccc1. The summed E-state index contributed by atoms with van der Waals surface area (Å²) in [5.74, 6) is -2.62.